The first-order valence-corrected chi connectivity index (χ1v) is 25.7. The van der Waals surface area contributed by atoms with Gasteiger partial charge in [0.15, 0.2) is 6.29 Å². The van der Waals surface area contributed by atoms with Crippen LogP contribution in [-0.4, -0.2) is 204 Å². The van der Waals surface area contributed by atoms with E-state index in [0.29, 0.717) is 31.6 Å². The van der Waals surface area contributed by atoms with Gasteiger partial charge in [0.05, 0.1) is 52.2 Å². The molecule has 5 rings (SSSR count). The minimum atomic E-state index is -1.85. The molecule has 4 heterocycles. The minimum Gasteiger partial charge on any atom is -0.491 e. The van der Waals surface area contributed by atoms with Gasteiger partial charge >= 0.3 is 5.97 Å². The molecule has 1 aromatic carbocycles. The molecular formula is C51H85FN6O15. The van der Waals surface area contributed by atoms with Gasteiger partial charge in [0.1, 0.15) is 61.2 Å². The summed E-state index contributed by atoms with van der Waals surface area (Å²) in [5.74, 6) is -3.12. The molecule has 0 saturated carbocycles. The van der Waals surface area contributed by atoms with E-state index in [1.807, 2.05) is 44.7 Å². The van der Waals surface area contributed by atoms with Gasteiger partial charge in [-0.1, -0.05) is 32.9 Å². The fraction of sp³-hybridized carbons (Fsp3) is 0.824. The molecule has 3 fully saturated rings. The van der Waals surface area contributed by atoms with E-state index in [2.05, 4.69) is 10.3 Å². The van der Waals surface area contributed by atoms with Crippen LogP contribution in [0.4, 0.5) is 10.1 Å². The van der Waals surface area contributed by atoms with Crippen molar-refractivity contribution in [2.24, 2.45) is 23.7 Å². The lowest BCUT2D eigenvalue weighted by molar-refractivity contribution is -0.384. The molecule has 1 unspecified atom stereocenters. The highest BCUT2D eigenvalue weighted by atomic mass is 19.1. The van der Waals surface area contributed by atoms with Gasteiger partial charge in [-0.25, -0.2) is 9.07 Å². The van der Waals surface area contributed by atoms with Crippen molar-refractivity contribution in [3.8, 4) is 5.75 Å². The Morgan fingerprint density at radius 2 is 1.68 bits per heavy atom. The topological polar surface area (TPSA) is 274 Å². The third kappa shape index (κ3) is 14.1. The van der Waals surface area contributed by atoms with E-state index in [1.165, 1.54) is 49.2 Å². The molecule has 20 atom stereocenters. The average Bonchev–Trinajstić information content (AvgIpc) is 3.80. The normalized spacial score (nSPS) is 39.5. The number of carbonyl (C=O) groups excluding carboxylic acids is 1. The number of rotatable bonds is 16. The Kier molecular flexibility index (Phi) is 20.7. The van der Waals surface area contributed by atoms with E-state index in [-0.39, 0.29) is 43.2 Å². The second-order valence-corrected chi connectivity index (χ2v) is 22.1. The molecule has 3 aliphatic rings. The summed E-state index contributed by atoms with van der Waals surface area (Å²) < 4.78 is 53.2. The highest BCUT2D eigenvalue weighted by Gasteiger charge is 2.55. The van der Waals surface area contributed by atoms with Crippen molar-refractivity contribution in [2.45, 2.75) is 197 Å². The number of nitrogens with zero attached hydrogens (tertiary/aromatic N) is 6. The first-order valence-electron chi connectivity index (χ1n) is 25.7. The van der Waals surface area contributed by atoms with Crippen LogP contribution in [-0.2, 0) is 34.9 Å². The molecule has 0 amide bonds. The molecule has 1 aromatic heterocycles. The third-order valence-corrected chi connectivity index (χ3v) is 16.2. The first kappa shape index (κ1) is 60.3. The summed E-state index contributed by atoms with van der Waals surface area (Å²) in [6.07, 6.45) is -7.59. The van der Waals surface area contributed by atoms with Crippen LogP contribution in [0.25, 0.3) is 0 Å². The summed E-state index contributed by atoms with van der Waals surface area (Å²) in [4.78, 5) is 28.9. The van der Waals surface area contributed by atoms with Crippen LogP contribution in [0, 0.1) is 33.8 Å². The number of hydrogen-bond donors (Lipinski definition) is 6. The number of aliphatic hydroxyl groups is 6. The Balaban J connectivity index is 1.41. The molecule has 73 heavy (non-hydrogen) atoms. The van der Waals surface area contributed by atoms with Crippen LogP contribution in [0.5, 0.6) is 5.75 Å². The standard InChI is InChI=1S/C51H85FN6O15/c1-14-41-51(10,65)44(61)32(6)56(12)25-28(2)22-49(8,64)46(30(4)42(31(5)47(63)72-41)40-23-50(9,68-13)45(62)33(7)71-40)73-48-43(60)37(21-29(3)70-48)55(11)20-19-34-26-57(54-53-34)38(24-52)39(59)27-69-36-17-15-35(16-18-36)58(66)67/h15-18,26,28-33,37-46,48,59-62,64-65H,14,19-25,27H2,1-13H3/t28-,29-,30+,31-,32-,33+,37+,38-,39-,40?,41-,42+,43-,44-,45+,46-,48+,49-,50-,51-/m1/s1. The maximum Gasteiger partial charge on any atom is 0.309 e. The van der Waals surface area contributed by atoms with Gasteiger partial charge in [-0.2, -0.15) is 0 Å². The van der Waals surface area contributed by atoms with Gasteiger partial charge in [0.2, 0.25) is 0 Å². The number of ether oxygens (including phenoxy) is 6. The Bertz CT molecular complexity index is 2070. The zero-order valence-electron chi connectivity index (χ0n) is 45.0. The second-order valence-electron chi connectivity index (χ2n) is 22.1. The molecule has 0 spiro atoms. The lowest BCUT2D eigenvalue weighted by Gasteiger charge is -2.51. The number of nitro groups is 1. The molecule has 416 valence electrons. The fourth-order valence-electron chi connectivity index (χ4n) is 11.6. The van der Waals surface area contributed by atoms with Crippen molar-refractivity contribution in [3.63, 3.8) is 0 Å². The maximum absolute atomic E-state index is 14.6. The monoisotopic (exact) mass is 1040 g/mol. The van der Waals surface area contributed by atoms with Gasteiger partial charge in [-0.15, -0.1) is 5.10 Å². The predicted octanol–water partition coefficient (Wildman–Crippen LogP) is 3.24. The largest absolute Gasteiger partial charge is 0.491 e. The van der Waals surface area contributed by atoms with Crippen molar-refractivity contribution >= 4 is 11.7 Å². The quantitative estimate of drug-likeness (QED) is 0.0800. The summed E-state index contributed by atoms with van der Waals surface area (Å²) in [5, 5.41) is 90.2. The predicted molar refractivity (Wildman–Crippen MR) is 265 cm³/mol. The molecule has 2 aromatic rings. The van der Waals surface area contributed by atoms with E-state index in [0.717, 1.165) is 0 Å². The molecule has 0 bridgehead atoms. The SMILES string of the molecule is CC[C@H]1OC(=O)[C@H](C)[C@@H](C2C[C@@](C)(OC)[C@@H](O)[C@H](C)O2)[C@H](C)[C@@H](O[C@@H]2O[C@H](C)C[C@H](N(C)CCc3cn([C@H](CF)[C@H](O)COc4ccc([N+](=O)[O-])cc4)nn3)[C@H]2O)[C@](C)(O)C[C@@H](C)CN(C)[C@H](C)[C@@H](O)[C@]1(C)O. The van der Waals surface area contributed by atoms with Gasteiger partial charge < -0.3 is 68.9 Å². The van der Waals surface area contributed by atoms with E-state index in [1.54, 1.807) is 41.5 Å². The fourth-order valence-corrected chi connectivity index (χ4v) is 11.6. The van der Waals surface area contributed by atoms with Crippen molar-refractivity contribution in [2.75, 3.05) is 47.6 Å². The van der Waals surface area contributed by atoms with Crippen LogP contribution in [0.15, 0.2) is 30.5 Å². The number of nitro benzene ring substituents is 1. The molecule has 6 N–H and O–H groups in total. The van der Waals surface area contributed by atoms with Crippen LogP contribution in [0.2, 0.25) is 0 Å². The number of cyclic esters (lactones) is 1. The Labute approximate surface area is 429 Å². The van der Waals surface area contributed by atoms with Gasteiger partial charge in [-0.3, -0.25) is 14.9 Å². The maximum atomic E-state index is 14.6. The number of esters is 1. The molecule has 22 heteroatoms. The van der Waals surface area contributed by atoms with E-state index >= 15 is 0 Å². The zero-order valence-corrected chi connectivity index (χ0v) is 45.0. The highest BCUT2D eigenvalue weighted by Crippen LogP contribution is 2.45. The number of halogens is 1. The number of hydrogen-bond acceptors (Lipinski definition) is 19. The van der Waals surface area contributed by atoms with E-state index in [9.17, 15) is 49.9 Å². The van der Waals surface area contributed by atoms with Crippen molar-refractivity contribution in [1.29, 1.82) is 0 Å². The molecule has 0 aliphatic carbocycles. The Hall–Kier alpha value is -3.52. The lowest BCUT2D eigenvalue weighted by atomic mass is 9.68. The molecular weight excluding hydrogens is 956 g/mol. The average molecular weight is 1040 g/mol. The molecule has 0 radical (unpaired) electrons. The summed E-state index contributed by atoms with van der Waals surface area (Å²) in [6, 6.07) is 3.03. The number of non-ortho nitro benzene ring substituents is 1. The summed E-state index contributed by atoms with van der Waals surface area (Å²) in [5.41, 5.74) is -4.22. The lowest BCUT2D eigenvalue weighted by Crippen LogP contribution is -2.62. The first-order chi connectivity index (χ1) is 34.1. The number of aliphatic hydroxyl groups excluding tert-OH is 4. The molecule has 21 nitrogen and oxygen atoms in total. The Morgan fingerprint density at radius 1 is 1.03 bits per heavy atom. The summed E-state index contributed by atoms with van der Waals surface area (Å²) >= 11 is 0. The van der Waals surface area contributed by atoms with Crippen molar-refractivity contribution < 1.29 is 73.2 Å². The van der Waals surface area contributed by atoms with Gasteiger partial charge in [0.25, 0.3) is 5.69 Å². The number of likely N-dealkylation sites (N-methyl/N-ethyl adjacent to an activating group) is 2. The summed E-state index contributed by atoms with van der Waals surface area (Å²) in [7, 11) is 5.16. The van der Waals surface area contributed by atoms with Crippen LogP contribution >= 0.6 is 0 Å². The number of carbonyl (C=O) groups is 1. The number of alkyl halides is 1. The van der Waals surface area contributed by atoms with Crippen LogP contribution in [0.3, 0.4) is 0 Å². The van der Waals surface area contributed by atoms with Crippen LogP contribution < -0.4 is 4.74 Å². The highest BCUT2D eigenvalue weighted by molar-refractivity contribution is 5.73. The van der Waals surface area contributed by atoms with Gasteiger partial charge in [-0.05, 0) is 98.9 Å². The third-order valence-electron chi connectivity index (χ3n) is 16.2. The number of benzene rings is 1. The number of methoxy groups -OCH3 is 1. The zero-order chi connectivity index (χ0) is 54.5. The molecule has 3 saturated heterocycles. The number of aromatic nitrogens is 3. The Morgan fingerprint density at radius 3 is 2.29 bits per heavy atom. The van der Waals surface area contributed by atoms with Crippen LogP contribution in [0.1, 0.15) is 107 Å². The smallest absolute Gasteiger partial charge is 0.309 e. The minimum absolute atomic E-state index is 0.126. The second kappa shape index (κ2) is 25.1. The van der Waals surface area contributed by atoms with E-state index < -0.39 is 131 Å². The van der Waals surface area contributed by atoms with Crippen molar-refractivity contribution in [3.05, 3.63) is 46.3 Å². The van der Waals surface area contributed by atoms with Crippen molar-refractivity contribution in [1.82, 2.24) is 24.8 Å². The van der Waals surface area contributed by atoms with E-state index in [4.69, 9.17) is 28.4 Å². The molecule has 3 aliphatic heterocycles. The summed E-state index contributed by atoms with van der Waals surface area (Å²) in [6.45, 7) is 17.0. The van der Waals surface area contributed by atoms with Gasteiger partial charge in [0, 0.05) is 69.4 Å².